The predicted molar refractivity (Wildman–Crippen MR) is 216 cm³/mol. The van der Waals surface area contributed by atoms with Crippen LogP contribution in [-0.2, 0) is 23.6 Å². The molecule has 2 aliphatic rings. The van der Waals surface area contributed by atoms with E-state index >= 15 is 0 Å². The van der Waals surface area contributed by atoms with Crippen molar-refractivity contribution in [3.05, 3.63) is 95.5 Å². The quantitative estimate of drug-likeness (QED) is 0.0827. The van der Waals surface area contributed by atoms with E-state index in [1.165, 1.54) is 37.1 Å². The molecule has 8 rings (SSSR count). The summed E-state index contributed by atoms with van der Waals surface area (Å²) in [5.41, 5.74) is 3.67. The van der Waals surface area contributed by atoms with Crippen molar-refractivity contribution < 1.29 is 27.1 Å². The van der Waals surface area contributed by atoms with Gasteiger partial charge in [0.05, 0.1) is 36.8 Å². The summed E-state index contributed by atoms with van der Waals surface area (Å²) in [6.45, 7) is 10.6. The summed E-state index contributed by atoms with van der Waals surface area (Å²) in [6.07, 6.45) is 4.92. The van der Waals surface area contributed by atoms with Gasteiger partial charge in [-0.15, -0.1) is 20.4 Å². The molecular formula is C40H48F2N10O4S2. The standard InChI is InChI=1S/2C20H24FN5O2S/c2*1-14-18(28-13-22-14)19-23-24-20(25(19)2)29-11-3-8-26-9-10-27-17(12-26)15-4-6-16(21)7-5-15/h2*4-7,13,17H,3,8-12H2,1-2H3/t2*17-/m10/s1. The number of nitrogens with zero attached hydrogens (tertiary/aromatic N) is 10. The Bertz CT molecular complexity index is 2040. The molecule has 0 N–H and O–H groups in total. The van der Waals surface area contributed by atoms with Crippen molar-refractivity contribution in [3.8, 4) is 23.2 Å². The molecule has 4 aromatic heterocycles. The molecule has 18 heteroatoms. The molecule has 0 unspecified atom stereocenters. The van der Waals surface area contributed by atoms with Crippen LogP contribution >= 0.6 is 23.5 Å². The lowest BCUT2D eigenvalue weighted by atomic mass is 10.1. The number of hydrogen-bond donors (Lipinski definition) is 0. The number of aryl methyl sites for hydroxylation is 2. The molecule has 2 atom stereocenters. The Labute approximate surface area is 344 Å². The third-order valence-electron chi connectivity index (χ3n) is 10.1. The van der Waals surface area contributed by atoms with Crippen molar-refractivity contribution in [1.29, 1.82) is 0 Å². The van der Waals surface area contributed by atoms with E-state index in [1.807, 2.05) is 37.1 Å². The first-order valence-electron chi connectivity index (χ1n) is 19.3. The lowest BCUT2D eigenvalue weighted by Gasteiger charge is -2.33. The fourth-order valence-corrected chi connectivity index (χ4v) is 8.45. The van der Waals surface area contributed by atoms with Crippen molar-refractivity contribution in [1.82, 2.24) is 49.3 Å². The van der Waals surface area contributed by atoms with Crippen LogP contribution in [0.4, 0.5) is 8.78 Å². The van der Waals surface area contributed by atoms with Crippen molar-refractivity contribution in [2.75, 3.05) is 64.0 Å². The van der Waals surface area contributed by atoms with Gasteiger partial charge in [-0.25, -0.2) is 18.7 Å². The van der Waals surface area contributed by atoms with Crippen LogP contribution in [0, 0.1) is 25.5 Å². The van der Waals surface area contributed by atoms with Crippen molar-refractivity contribution >= 4 is 23.5 Å². The molecule has 0 bridgehead atoms. The molecule has 2 saturated heterocycles. The molecule has 2 aliphatic heterocycles. The SMILES string of the molecule is Cc1ncoc1-c1nnc(SCCCN2CCO[C@@H](c3ccc(F)cc3)C2)n1C.Cc1ncoc1-c1nnc(SCCCN2CCO[C@H](c3ccc(F)cc3)C2)n1C. The van der Waals surface area contributed by atoms with Gasteiger partial charge in [0.25, 0.3) is 0 Å². The Morgan fingerprint density at radius 2 is 1.03 bits per heavy atom. The number of benzene rings is 2. The molecule has 0 saturated carbocycles. The van der Waals surface area contributed by atoms with Crippen LogP contribution in [0.3, 0.4) is 0 Å². The zero-order valence-electron chi connectivity index (χ0n) is 33.1. The van der Waals surface area contributed by atoms with Crippen molar-refractivity contribution in [2.24, 2.45) is 14.1 Å². The fourth-order valence-electron chi connectivity index (χ4n) is 6.78. The maximum atomic E-state index is 13.1. The van der Waals surface area contributed by atoms with E-state index < -0.39 is 0 Å². The lowest BCUT2D eigenvalue weighted by Crippen LogP contribution is -2.39. The number of halogens is 2. The molecule has 6 aromatic rings. The van der Waals surface area contributed by atoms with Crippen molar-refractivity contribution in [2.45, 2.75) is 49.2 Å². The Morgan fingerprint density at radius 3 is 1.41 bits per heavy atom. The minimum atomic E-state index is -0.219. The van der Waals surface area contributed by atoms with E-state index in [0.717, 1.165) is 96.4 Å². The molecule has 308 valence electrons. The number of hydrogen-bond acceptors (Lipinski definition) is 14. The second kappa shape index (κ2) is 20.0. The van der Waals surface area contributed by atoms with Crippen LogP contribution in [0.15, 0.2) is 80.5 Å². The van der Waals surface area contributed by atoms with Gasteiger partial charge < -0.3 is 27.4 Å². The minimum Gasteiger partial charge on any atom is -0.440 e. The number of morpholine rings is 2. The molecule has 0 amide bonds. The highest BCUT2D eigenvalue weighted by molar-refractivity contribution is 7.99. The van der Waals surface area contributed by atoms with Gasteiger partial charge in [0.1, 0.15) is 11.6 Å². The van der Waals surface area contributed by atoms with E-state index in [0.29, 0.717) is 36.4 Å². The Balaban J connectivity index is 0.000000177. The Hall–Kier alpha value is -4.46. The fraction of sp³-hybridized carbons (Fsp3) is 0.450. The zero-order valence-corrected chi connectivity index (χ0v) is 34.7. The third kappa shape index (κ3) is 10.6. The number of aromatic nitrogens is 8. The first-order valence-corrected chi connectivity index (χ1v) is 21.2. The largest absolute Gasteiger partial charge is 0.440 e. The van der Waals surface area contributed by atoms with E-state index in [1.54, 1.807) is 47.8 Å². The summed E-state index contributed by atoms with van der Waals surface area (Å²) in [5, 5.41) is 18.8. The highest BCUT2D eigenvalue weighted by atomic mass is 32.2. The van der Waals surface area contributed by atoms with E-state index in [2.05, 4.69) is 40.2 Å². The van der Waals surface area contributed by atoms with E-state index in [9.17, 15) is 8.78 Å². The highest BCUT2D eigenvalue weighted by Crippen LogP contribution is 2.28. The maximum Gasteiger partial charge on any atom is 0.202 e. The number of rotatable bonds is 14. The Morgan fingerprint density at radius 1 is 0.621 bits per heavy atom. The van der Waals surface area contributed by atoms with Crippen LogP contribution in [0.5, 0.6) is 0 Å². The van der Waals surface area contributed by atoms with Crippen LogP contribution in [0.25, 0.3) is 23.2 Å². The van der Waals surface area contributed by atoms with Gasteiger partial charge in [0, 0.05) is 51.8 Å². The van der Waals surface area contributed by atoms with Crippen LogP contribution in [0.2, 0.25) is 0 Å². The third-order valence-corrected chi connectivity index (χ3v) is 12.3. The Kier molecular flexibility index (Phi) is 14.4. The van der Waals surface area contributed by atoms with E-state index in [-0.39, 0.29) is 23.8 Å². The number of ether oxygens (including phenoxy) is 2. The summed E-state index contributed by atoms with van der Waals surface area (Å²) in [6, 6.07) is 13.2. The summed E-state index contributed by atoms with van der Waals surface area (Å²) in [7, 11) is 3.88. The zero-order chi connectivity index (χ0) is 40.4. The van der Waals surface area contributed by atoms with Gasteiger partial charge in [-0.05, 0) is 75.2 Å². The summed E-state index contributed by atoms with van der Waals surface area (Å²) < 4.78 is 52.7. The molecule has 58 heavy (non-hydrogen) atoms. The van der Waals surface area contributed by atoms with Gasteiger partial charge in [-0.2, -0.15) is 0 Å². The molecule has 2 aromatic carbocycles. The monoisotopic (exact) mass is 834 g/mol. The van der Waals surface area contributed by atoms with Gasteiger partial charge >= 0.3 is 0 Å². The van der Waals surface area contributed by atoms with Gasteiger partial charge in [-0.1, -0.05) is 47.8 Å². The summed E-state index contributed by atoms with van der Waals surface area (Å²) in [4.78, 5) is 13.0. The minimum absolute atomic E-state index is 0.00319. The topological polar surface area (TPSA) is 138 Å². The molecular weight excluding hydrogens is 787 g/mol. The van der Waals surface area contributed by atoms with Crippen LogP contribution < -0.4 is 0 Å². The second-order valence-corrected chi connectivity index (χ2v) is 16.2. The molecule has 14 nitrogen and oxygen atoms in total. The first-order chi connectivity index (χ1) is 28.2. The van der Waals surface area contributed by atoms with Gasteiger partial charge in [0.15, 0.2) is 34.6 Å². The smallest absolute Gasteiger partial charge is 0.202 e. The lowest BCUT2D eigenvalue weighted by molar-refractivity contribution is -0.0298. The normalized spacial score (nSPS) is 17.7. The molecule has 0 spiro atoms. The van der Waals surface area contributed by atoms with Crippen LogP contribution in [0.1, 0.15) is 47.6 Å². The molecule has 2 fully saturated rings. The average molecular weight is 835 g/mol. The molecule has 6 heterocycles. The number of thioether (sulfide) groups is 2. The van der Waals surface area contributed by atoms with Gasteiger partial charge in [0.2, 0.25) is 11.6 Å². The van der Waals surface area contributed by atoms with Crippen LogP contribution in [-0.4, -0.2) is 113 Å². The first kappa shape index (κ1) is 41.7. The average Bonchev–Trinajstić information content (AvgIpc) is 4.04. The molecule has 0 radical (unpaired) electrons. The summed E-state index contributed by atoms with van der Waals surface area (Å²) >= 11 is 3.37. The van der Waals surface area contributed by atoms with Gasteiger partial charge in [-0.3, -0.25) is 9.80 Å². The van der Waals surface area contributed by atoms with E-state index in [4.69, 9.17) is 18.3 Å². The predicted octanol–water partition coefficient (Wildman–Crippen LogP) is 6.95. The number of oxazole rings is 2. The van der Waals surface area contributed by atoms with Crippen molar-refractivity contribution in [3.63, 3.8) is 0 Å². The second-order valence-electron chi connectivity index (χ2n) is 14.1. The maximum absolute atomic E-state index is 13.1. The highest BCUT2D eigenvalue weighted by Gasteiger charge is 2.24. The molecule has 0 aliphatic carbocycles. The summed E-state index contributed by atoms with van der Waals surface area (Å²) in [5.74, 6) is 4.15.